The number of H-pyrrole nitrogens is 2. The molecule has 130 valence electrons. The number of nitrogens with one attached hydrogen (secondary N) is 3. The lowest BCUT2D eigenvalue weighted by Crippen LogP contribution is -2.11. The monoisotopic (exact) mass is 349 g/mol. The van der Waals surface area contributed by atoms with Crippen LogP contribution in [0.5, 0.6) is 0 Å². The second-order valence-corrected chi connectivity index (χ2v) is 5.83. The van der Waals surface area contributed by atoms with Crippen molar-refractivity contribution in [1.82, 2.24) is 20.2 Å². The van der Waals surface area contributed by atoms with Crippen LogP contribution in [0.2, 0.25) is 0 Å². The summed E-state index contributed by atoms with van der Waals surface area (Å²) in [5.74, 6) is 0.291. The first kappa shape index (κ1) is 15.8. The Balaban J connectivity index is 1.87. The van der Waals surface area contributed by atoms with Crippen LogP contribution in [0.3, 0.4) is 0 Å². The van der Waals surface area contributed by atoms with Gasteiger partial charge in [0, 0.05) is 10.9 Å². The van der Waals surface area contributed by atoms with Crippen molar-refractivity contribution in [2.45, 2.75) is 6.92 Å². The van der Waals surface area contributed by atoms with Crippen LogP contribution in [-0.4, -0.2) is 33.4 Å². The third-order valence-corrected chi connectivity index (χ3v) is 4.19. The number of benzene rings is 2. The average Bonchev–Trinajstić information content (AvgIpc) is 3.04. The number of methoxy groups -OCH3 is 1. The molecule has 8 nitrogen and oxygen atoms in total. The number of ether oxygens (including phenoxy) is 1. The quantitative estimate of drug-likeness (QED) is 0.515. The number of hydrogen-bond donors (Lipinski definition) is 3. The fraction of sp³-hybridized carbons (Fsp3) is 0.111. The highest BCUT2D eigenvalue weighted by molar-refractivity contribution is 5.98. The highest BCUT2D eigenvalue weighted by atomic mass is 16.5. The van der Waals surface area contributed by atoms with E-state index in [0.717, 1.165) is 22.0 Å². The predicted octanol–water partition coefficient (Wildman–Crippen LogP) is 2.95. The Hall–Kier alpha value is -3.68. The third-order valence-electron chi connectivity index (χ3n) is 4.19. The highest BCUT2D eigenvalue weighted by Crippen LogP contribution is 2.29. The number of aryl methyl sites for hydroxylation is 1. The summed E-state index contributed by atoms with van der Waals surface area (Å²) in [5.41, 5.74) is 3.63. The first-order chi connectivity index (χ1) is 12.6. The van der Waals surface area contributed by atoms with Gasteiger partial charge < -0.3 is 9.72 Å². The molecule has 2 heterocycles. The summed E-state index contributed by atoms with van der Waals surface area (Å²) in [4.78, 5) is 30.7. The van der Waals surface area contributed by atoms with E-state index in [1.165, 1.54) is 7.11 Å². The van der Waals surface area contributed by atoms with Gasteiger partial charge >= 0.3 is 6.09 Å². The van der Waals surface area contributed by atoms with Crippen molar-refractivity contribution >= 4 is 33.8 Å². The number of amides is 1. The molecule has 0 saturated heterocycles. The molecule has 0 unspecified atom stereocenters. The Morgan fingerprint density at radius 1 is 1.23 bits per heavy atom. The topological polar surface area (TPSA) is 113 Å². The lowest BCUT2D eigenvalue weighted by atomic mass is 10.0. The first-order valence-corrected chi connectivity index (χ1v) is 7.90. The minimum absolute atomic E-state index is 0.224. The molecule has 0 bridgehead atoms. The maximum absolute atomic E-state index is 12.1. The van der Waals surface area contributed by atoms with Gasteiger partial charge in [0.2, 0.25) is 5.95 Å². The summed E-state index contributed by atoms with van der Waals surface area (Å²) >= 11 is 0. The van der Waals surface area contributed by atoms with Crippen molar-refractivity contribution in [2.24, 2.45) is 0 Å². The Kier molecular flexibility index (Phi) is 3.65. The molecule has 0 saturated carbocycles. The van der Waals surface area contributed by atoms with Gasteiger partial charge in [-0.1, -0.05) is 18.2 Å². The lowest BCUT2D eigenvalue weighted by Gasteiger charge is -2.07. The molecule has 4 aromatic rings. The van der Waals surface area contributed by atoms with Crippen LogP contribution in [-0.2, 0) is 4.74 Å². The van der Waals surface area contributed by atoms with Gasteiger partial charge in [-0.25, -0.2) is 14.9 Å². The molecular formula is C18H15N5O3. The van der Waals surface area contributed by atoms with Gasteiger partial charge in [-0.2, -0.15) is 5.10 Å². The molecule has 0 spiro atoms. The number of anilines is 1. The SMILES string of the molecule is COC(=O)Nc1nc2cc(-c3n[nH]c(=O)c4cccc(C)c34)ccc2[nH]1. The van der Waals surface area contributed by atoms with E-state index in [2.05, 4.69) is 30.2 Å². The van der Waals surface area contributed by atoms with Gasteiger partial charge in [-0.3, -0.25) is 10.1 Å². The molecule has 0 fully saturated rings. The van der Waals surface area contributed by atoms with Crippen molar-refractivity contribution in [2.75, 3.05) is 12.4 Å². The molecule has 3 N–H and O–H groups in total. The van der Waals surface area contributed by atoms with Gasteiger partial charge in [-0.15, -0.1) is 0 Å². The molecule has 0 atom stereocenters. The molecule has 0 radical (unpaired) electrons. The Bertz CT molecular complexity index is 1210. The van der Waals surface area contributed by atoms with Gasteiger partial charge in [0.1, 0.15) is 0 Å². The Labute approximate surface area is 147 Å². The van der Waals surface area contributed by atoms with Crippen LogP contribution in [0.25, 0.3) is 33.1 Å². The average molecular weight is 349 g/mol. The van der Waals surface area contributed by atoms with Gasteiger partial charge in [0.15, 0.2) is 0 Å². The third kappa shape index (κ3) is 2.57. The van der Waals surface area contributed by atoms with E-state index < -0.39 is 6.09 Å². The maximum atomic E-state index is 12.1. The summed E-state index contributed by atoms with van der Waals surface area (Å²) in [6, 6.07) is 11.1. The smallest absolute Gasteiger partial charge is 0.413 e. The van der Waals surface area contributed by atoms with Crippen LogP contribution >= 0.6 is 0 Å². The van der Waals surface area contributed by atoms with Crippen LogP contribution in [0.1, 0.15) is 5.56 Å². The van der Waals surface area contributed by atoms with Gasteiger partial charge in [-0.05, 0) is 30.7 Å². The molecule has 1 amide bonds. The number of rotatable bonds is 2. The van der Waals surface area contributed by atoms with E-state index in [-0.39, 0.29) is 5.56 Å². The molecular weight excluding hydrogens is 334 g/mol. The Morgan fingerprint density at radius 2 is 2.08 bits per heavy atom. The fourth-order valence-corrected chi connectivity index (χ4v) is 2.96. The highest BCUT2D eigenvalue weighted by Gasteiger charge is 2.13. The molecule has 0 aliphatic rings. The van der Waals surface area contributed by atoms with Crippen LogP contribution in [0.4, 0.5) is 10.7 Å². The molecule has 4 rings (SSSR count). The molecule has 2 aromatic heterocycles. The van der Waals surface area contributed by atoms with Crippen molar-refractivity contribution < 1.29 is 9.53 Å². The van der Waals surface area contributed by atoms with Crippen LogP contribution in [0, 0.1) is 6.92 Å². The van der Waals surface area contributed by atoms with E-state index in [1.54, 1.807) is 6.07 Å². The van der Waals surface area contributed by atoms with E-state index in [1.807, 2.05) is 37.3 Å². The number of imidazole rings is 1. The predicted molar refractivity (Wildman–Crippen MR) is 98.2 cm³/mol. The van der Waals surface area contributed by atoms with E-state index in [4.69, 9.17) is 0 Å². The number of hydrogen-bond acceptors (Lipinski definition) is 5. The number of carbonyl (C=O) groups is 1. The van der Waals surface area contributed by atoms with Crippen molar-refractivity contribution in [1.29, 1.82) is 0 Å². The summed E-state index contributed by atoms with van der Waals surface area (Å²) in [6.07, 6.45) is -0.604. The minimum atomic E-state index is -0.604. The summed E-state index contributed by atoms with van der Waals surface area (Å²) in [5, 5.41) is 10.7. The summed E-state index contributed by atoms with van der Waals surface area (Å²) in [6.45, 7) is 1.94. The fourth-order valence-electron chi connectivity index (χ4n) is 2.96. The molecule has 0 aliphatic heterocycles. The van der Waals surface area contributed by atoms with E-state index in [9.17, 15) is 9.59 Å². The number of aromatic amines is 2. The standard InChI is InChI=1S/C18H15N5O3/c1-9-4-3-5-11-14(9)15(22-23-16(11)24)10-6-7-12-13(8-10)20-17(19-12)21-18(25)26-2/h3-8H,1-2H3,(H,23,24)(H2,19,20,21,25). The zero-order chi connectivity index (χ0) is 18.3. The Morgan fingerprint density at radius 3 is 2.88 bits per heavy atom. The number of fused-ring (bicyclic) bond motifs is 2. The van der Waals surface area contributed by atoms with Crippen LogP contribution in [0.15, 0.2) is 41.2 Å². The second kappa shape index (κ2) is 5.99. The minimum Gasteiger partial charge on any atom is -0.453 e. The molecule has 8 heteroatoms. The van der Waals surface area contributed by atoms with Crippen LogP contribution < -0.4 is 10.9 Å². The molecule has 0 aliphatic carbocycles. The number of carbonyl (C=O) groups excluding carboxylic acids is 1. The summed E-state index contributed by atoms with van der Waals surface area (Å²) in [7, 11) is 1.28. The van der Waals surface area contributed by atoms with Gasteiger partial charge in [0.05, 0.1) is 29.2 Å². The lowest BCUT2D eigenvalue weighted by molar-refractivity contribution is 0.186. The molecule has 26 heavy (non-hydrogen) atoms. The van der Waals surface area contributed by atoms with Gasteiger partial charge in [0.25, 0.3) is 5.56 Å². The number of nitrogens with zero attached hydrogens (tertiary/aromatic N) is 2. The zero-order valence-electron chi connectivity index (χ0n) is 14.1. The van der Waals surface area contributed by atoms with Crippen molar-refractivity contribution in [3.63, 3.8) is 0 Å². The van der Waals surface area contributed by atoms with E-state index >= 15 is 0 Å². The summed E-state index contributed by atoms with van der Waals surface area (Å²) < 4.78 is 4.56. The second-order valence-electron chi connectivity index (χ2n) is 5.83. The largest absolute Gasteiger partial charge is 0.453 e. The van der Waals surface area contributed by atoms with E-state index in [0.29, 0.717) is 22.5 Å². The van der Waals surface area contributed by atoms with Crippen molar-refractivity contribution in [3.8, 4) is 11.3 Å². The maximum Gasteiger partial charge on any atom is 0.413 e. The van der Waals surface area contributed by atoms with Crippen molar-refractivity contribution in [3.05, 3.63) is 52.3 Å². The normalized spacial score (nSPS) is 11.0. The zero-order valence-corrected chi connectivity index (χ0v) is 14.1. The molecule has 2 aromatic carbocycles. The number of aromatic nitrogens is 4. The first-order valence-electron chi connectivity index (χ1n) is 7.90.